The third-order valence-electron chi connectivity index (χ3n) is 3.15. The van der Waals surface area contributed by atoms with Crippen LogP contribution in [0.4, 0.5) is 0 Å². The van der Waals surface area contributed by atoms with Gasteiger partial charge in [0.25, 0.3) is 0 Å². The predicted octanol–water partition coefficient (Wildman–Crippen LogP) is 3.31. The molecule has 1 heterocycles. The molecule has 1 aliphatic rings. The van der Waals surface area contributed by atoms with Crippen LogP contribution in [0.2, 0.25) is 0 Å². The maximum Gasteiger partial charge on any atom is 0.0642 e. The zero-order valence-electron chi connectivity index (χ0n) is 10.2. The van der Waals surface area contributed by atoms with E-state index in [1.165, 1.54) is 11.1 Å². The Morgan fingerprint density at radius 1 is 1.41 bits per heavy atom. The highest BCUT2D eigenvalue weighted by atomic mass is 79.9. The second-order valence-corrected chi connectivity index (χ2v) is 5.12. The van der Waals surface area contributed by atoms with Gasteiger partial charge in [0, 0.05) is 28.8 Å². The molecule has 1 fully saturated rings. The maximum absolute atomic E-state index is 5.37. The zero-order valence-corrected chi connectivity index (χ0v) is 11.8. The SMILES string of the molecule is C=C(c1ccc(Br)cc1CC)N1CCOCC1. The second-order valence-electron chi connectivity index (χ2n) is 4.20. The molecule has 0 unspecified atom stereocenters. The highest BCUT2D eigenvalue weighted by Crippen LogP contribution is 2.25. The van der Waals surface area contributed by atoms with Crippen LogP contribution in [0.25, 0.3) is 5.70 Å². The van der Waals surface area contributed by atoms with Crippen LogP contribution in [0.5, 0.6) is 0 Å². The number of ether oxygens (including phenoxy) is 1. The summed E-state index contributed by atoms with van der Waals surface area (Å²) >= 11 is 3.52. The molecule has 92 valence electrons. The van der Waals surface area contributed by atoms with E-state index >= 15 is 0 Å². The number of aryl methyl sites for hydroxylation is 1. The molecule has 1 aromatic rings. The fourth-order valence-corrected chi connectivity index (χ4v) is 2.55. The van der Waals surface area contributed by atoms with Gasteiger partial charge >= 0.3 is 0 Å². The average Bonchev–Trinajstić information content (AvgIpc) is 2.39. The standard InChI is InChI=1S/C14H18BrNO/c1-3-12-10-13(15)4-5-14(12)11(2)16-6-8-17-9-7-16/h4-5,10H,2-3,6-9H2,1H3. The van der Waals surface area contributed by atoms with E-state index in [2.05, 4.69) is 52.5 Å². The van der Waals surface area contributed by atoms with Gasteiger partial charge in [-0.25, -0.2) is 0 Å². The molecule has 0 N–H and O–H groups in total. The van der Waals surface area contributed by atoms with Crippen molar-refractivity contribution in [1.29, 1.82) is 0 Å². The lowest BCUT2D eigenvalue weighted by Gasteiger charge is -2.31. The van der Waals surface area contributed by atoms with Crippen LogP contribution in [0.15, 0.2) is 29.3 Å². The van der Waals surface area contributed by atoms with Crippen LogP contribution in [-0.2, 0) is 11.2 Å². The van der Waals surface area contributed by atoms with Crippen molar-refractivity contribution in [3.05, 3.63) is 40.4 Å². The Morgan fingerprint density at radius 3 is 2.76 bits per heavy atom. The molecule has 0 bridgehead atoms. The summed E-state index contributed by atoms with van der Waals surface area (Å²) in [4.78, 5) is 2.31. The first-order chi connectivity index (χ1) is 8.22. The number of hydrogen-bond donors (Lipinski definition) is 0. The number of nitrogens with zero attached hydrogens (tertiary/aromatic N) is 1. The van der Waals surface area contributed by atoms with Crippen LogP contribution < -0.4 is 0 Å². The first kappa shape index (κ1) is 12.7. The minimum absolute atomic E-state index is 0.803. The summed E-state index contributed by atoms with van der Waals surface area (Å²) in [6.07, 6.45) is 1.03. The minimum atomic E-state index is 0.803. The minimum Gasteiger partial charge on any atom is -0.378 e. The van der Waals surface area contributed by atoms with E-state index in [1.54, 1.807) is 0 Å². The third kappa shape index (κ3) is 2.90. The van der Waals surface area contributed by atoms with Gasteiger partial charge in [0.05, 0.1) is 13.2 Å². The quantitative estimate of drug-likeness (QED) is 0.848. The molecule has 0 aromatic heterocycles. The highest BCUT2D eigenvalue weighted by molar-refractivity contribution is 9.10. The molecular weight excluding hydrogens is 278 g/mol. The van der Waals surface area contributed by atoms with Crippen molar-refractivity contribution in [3.63, 3.8) is 0 Å². The Morgan fingerprint density at radius 2 is 2.12 bits per heavy atom. The van der Waals surface area contributed by atoms with Crippen molar-refractivity contribution in [2.24, 2.45) is 0 Å². The number of benzene rings is 1. The van der Waals surface area contributed by atoms with Gasteiger partial charge in [-0.1, -0.05) is 35.5 Å². The molecule has 0 saturated carbocycles. The molecule has 0 spiro atoms. The lowest BCUT2D eigenvalue weighted by Crippen LogP contribution is -2.34. The molecule has 17 heavy (non-hydrogen) atoms. The van der Waals surface area contributed by atoms with Gasteiger partial charge < -0.3 is 9.64 Å². The van der Waals surface area contributed by atoms with Crippen molar-refractivity contribution in [1.82, 2.24) is 4.90 Å². The number of morpholine rings is 1. The Kier molecular flexibility index (Phi) is 4.24. The van der Waals surface area contributed by atoms with E-state index in [-0.39, 0.29) is 0 Å². The lowest BCUT2D eigenvalue weighted by atomic mass is 10.0. The van der Waals surface area contributed by atoms with Crippen molar-refractivity contribution in [3.8, 4) is 0 Å². The molecule has 0 amide bonds. The third-order valence-corrected chi connectivity index (χ3v) is 3.65. The van der Waals surface area contributed by atoms with Gasteiger partial charge in [-0.3, -0.25) is 0 Å². The average molecular weight is 296 g/mol. The maximum atomic E-state index is 5.37. The van der Waals surface area contributed by atoms with Crippen LogP contribution >= 0.6 is 15.9 Å². The van der Waals surface area contributed by atoms with E-state index < -0.39 is 0 Å². The van der Waals surface area contributed by atoms with E-state index in [0.717, 1.165) is 42.9 Å². The smallest absolute Gasteiger partial charge is 0.0642 e. The molecule has 1 saturated heterocycles. The Bertz CT molecular complexity index is 411. The molecule has 0 radical (unpaired) electrons. The fourth-order valence-electron chi connectivity index (χ4n) is 2.14. The monoisotopic (exact) mass is 295 g/mol. The summed E-state index contributed by atoms with van der Waals surface area (Å²) in [5, 5.41) is 0. The summed E-state index contributed by atoms with van der Waals surface area (Å²) in [5.74, 6) is 0. The summed E-state index contributed by atoms with van der Waals surface area (Å²) in [5.41, 5.74) is 3.73. The molecule has 2 rings (SSSR count). The Labute approximate surface area is 111 Å². The molecule has 3 heteroatoms. The lowest BCUT2D eigenvalue weighted by molar-refractivity contribution is 0.0640. The fraction of sp³-hybridized carbons (Fsp3) is 0.429. The molecule has 1 aromatic carbocycles. The van der Waals surface area contributed by atoms with Gasteiger partial charge in [0.2, 0.25) is 0 Å². The number of rotatable bonds is 3. The van der Waals surface area contributed by atoms with Crippen molar-refractivity contribution in [2.75, 3.05) is 26.3 Å². The Hall–Kier alpha value is -0.800. The van der Waals surface area contributed by atoms with Gasteiger partial charge in [0.15, 0.2) is 0 Å². The van der Waals surface area contributed by atoms with Gasteiger partial charge in [0.1, 0.15) is 0 Å². The highest BCUT2D eigenvalue weighted by Gasteiger charge is 2.15. The summed E-state index contributed by atoms with van der Waals surface area (Å²) in [6.45, 7) is 9.91. The van der Waals surface area contributed by atoms with Gasteiger partial charge in [-0.15, -0.1) is 0 Å². The molecule has 2 nitrogen and oxygen atoms in total. The predicted molar refractivity (Wildman–Crippen MR) is 74.9 cm³/mol. The topological polar surface area (TPSA) is 12.5 Å². The molecule has 1 aliphatic heterocycles. The van der Waals surface area contributed by atoms with E-state index in [1.807, 2.05) is 0 Å². The first-order valence-electron chi connectivity index (χ1n) is 6.02. The first-order valence-corrected chi connectivity index (χ1v) is 6.82. The van der Waals surface area contributed by atoms with Gasteiger partial charge in [-0.2, -0.15) is 0 Å². The summed E-state index contributed by atoms with van der Waals surface area (Å²) in [6, 6.07) is 6.42. The van der Waals surface area contributed by atoms with Crippen LogP contribution in [0, 0.1) is 0 Å². The van der Waals surface area contributed by atoms with Crippen LogP contribution in [0.1, 0.15) is 18.1 Å². The molecular formula is C14H18BrNO. The summed E-state index contributed by atoms with van der Waals surface area (Å²) < 4.78 is 6.50. The van der Waals surface area contributed by atoms with Crippen LogP contribution in [-0.4, -0.2) is 31.2 Å². The Balaban J connectivity index is 2.23. The van der Waals surface area contributed by atoms with Crippen LogP contribution in [0.3, 0.4) is 0 Å². The number of hydrogen-bond acceptors (Lipinski definition) is 2. The van der Waals surface area contributed by atoms with E-state index in [4.69, 9.17) is 4.74 Å². The van der Waals surface area contributed by atoms with Gasteiger partial charge in [-0.05, 0) is 24.1 Å². The van der Waals surface area contributed by atoms with Crippen molar-refractivity contribution >= 4 is 21.6 Å². The van der Waals surface area contributed by atoms with Crippen molar-refractivity contribution in [2.45, 2.75) is 13.3 Å². The molecule has 0 atom stereocenters. The molecule has 0 aliphatic carbocycles. The second kappa shape index (κ2) is 5.69. The zero-order chi connectivity index (χ0) is 12.3. The normalized spacial score (nSPS) is 16.0. The van der Waals surface area contributed by atoms with E-state index in [9.17, 15) is 0 Å². The largest absolute Gasteiger partial charge is 0.378 e. The van der Waals surface area contributed by atoms with Crippen molar-refractivity contribution < 1.29 is 4.74 Å². The van der Waals surface area contributed by atoms with E-state index in [0.29, 0.717) is 0 Å². The number of halogens is 1. The summed E-state index contributed by atoms with van der Waals surface area (Å²) in [7, 11) is 0.